The molecule has 1 atom stereocenters. The summed E-state index contributed by atoms with van der Waals surface area (Å²) in [5.74, 6) is -0.501. The number of benzene rings is 1. The Bertz CT molecular complexity index is 543. The number of carbonyl (C=O) groups excluding carboxylic acids is 1. The van der Waals surface area contributed by atoms with Crippen LogP contribution in [-0.2, 0) is 10.3 Å². The van der Waals surface area contributed by atoms with E-state index in [2.05, 4.69) is 5.32 Å². The van der Waals surface area contributed by atoms with E-state index in [-0.39, 0.29) is 6.54 Å². The Morgan fingerprint density at radius 3 is 2.41 bits per heavy atom. The number of nitrogens with one attached hydrogen (secondary N) is 1. The molecular formula is C15H18ClF3N2O. The van der Waals surface area contributed by atoms with Crippen molar-refractivity contribution in [1.29, 1.82) is 0 Å². The molecule has 1 aliphatic rings. The molecule has 122 valence electrons. The maximum Gasteiger partial charge on any atom is 0.406 e. The molecule has 1 saturated heterocycles. The number of halogens is 4. The van der Waals surface area contributed by atoms with Gasteiger partial charge in [-0.15, -0.1) is 0 Å². The molecule has 1 aromatic rings. The van der Waals surface area contributed by atoms with E-state index in [9.17, 15) is 18.0 Å². The van der Waals surface area contributed by atoms with E-state index < -0.39 is 30.2 Å². The molecule has 2 rings (SSSR count). The van der Waals surface area contributed by atoms with E-state index >= 15 is 0 Å². The minimum absolute atomic E-state index is 0.118. The van der Waals surface area contributed by atoms with E-state index in [4.69, 9.17) is 11.6 Å². The van der Waals surface area contributed by atoms with E-state index in [1.165, 1.54) is 0 Å². The van der Waals surface area contributed by atoms with Gasteiger partial charge in [0.2, 0.25) is 5.91 Å². The highest BCUT2D eigenvalue weighted by Crippen LogP contribution is 2.26. The van der Waals surface area contributed by atoms with Gasteiger partial charge in [0.25, 0.3) is 0 Å². The molecule has 1 fully saturated rings. The van der Waals surface area contributed by atoms with Crippen molar-refractivity contribution in [1.82, 2.24) is 10.2 Å². The molecule has 1 aliphatic heterocycles. The van der Waals surface area contributed by atoms with Crippen molar-refractivity contribution < 1.29 is 18.0 Å². The molecule has 0 saturated carbocycles. The molecule has 7 heteroatoms. The third kappa shape index (κ3) is 4.14. The third-order valence-electron chi connectivity index (χ3n) is 3.77. The van der Waals surface area contributed by atoms with Gasteiger partial charge < -0.3 is 4.90 Å². The van der Waals surface area contributed by atoms with Crippen molar-refractivity contribution in [3.63, 3.8) is 0 Å². The fourth-order valence-electron chi connectivity index (χ4n) is 2.63. The van der Waals surface area contributed by atoms with Gasteiger partial charge in [-0.3, -0.25) is 10.1 Å². The summed E-state index contributed by atoms with van der Waals surface area (Å²) >= 11 is 5.85. The second-order valence-electron chi connectivity index (χ2n) is 5.99. The number of amides is 1. The number of rotatable bonds is 4. The monoisotopic (exact) mass is 334 g/mol. The molecule has 0 bridgehead atoms. The van der Waals surface area contributed by atoms with Gasteiger partial charge in [0.1, 0.15) is 6.54 Å². The van der Waals surface area contributed by atoms with Crippen LogP contribution in [0.1, 0.15) is 25.8 Å². The second-order valence-corrected chi connectivity index (χ2v) is 6.43. The lowest BCUT2D eigenvalue weighted by Gasteiger charge is -2.30. The van der Waals surface area contributed by atoms with Crippen LogP contribution in [0, 0.1) is 0 Å². The fourth-order valence-corrected chi connectivity index (χ4v) is 2.76. The van der Waals surface area contributed by atoms with Crippen LogP contribution in [-0.4, -0.2) is 36.1 Å². The molecule has 0 spiro atoms. The lowest BCUT2D eigenvalue weighted by atomic mass is 9.93. The van der Waals surface area contributed by atoms with Gasteiger partial charge in [-0.05, 0) is 38.0 Å². The Morgan fingerprint density at radius 1 is 1.27 bits per heavy atom. The smallest absolute Gasteiger partial charge is 0.332 e. The molecule has 1 N–H and O–H groups in total. The van der Waals surface area contributed by atoms with Gasteiger partial charge in [0.05, 0.1) is 6.04 Å². The van der Waals surface area contributed by atoms with E-state index in [0.717, 1.165) is 10.5 Å². The Morgan fingerprint density at radius 2 is 1.86 bits per heavy atom. The highest BCUT2D eigenvalue weighted by molar-refractivity contribution is 6.30. The lowest BCUT2D eigenvalue weighted by Crippen LogP contribution is -2.48. The van der Waals surface area contributed by atoms with Crippen molar-refractivity contribution in [2.75, 3.05) is 13.1 Å². The standard InChI is InChI=1S/C15H18ClF3N2O/c1-14(2,10-3-5-11(16)6-4-10)20-12-7-8-21(13(12)22)9-15(17,18)19/h3-6,12,20H,7-9H2,1-2H3. The normalized spacial score (nSPS) is 19.8. The quantitative estimate of drug-likeness (QED) is 0.916. The van der Waals surface area contributed by atoms with Crippen molar-refractivity contribution in [2.24, 2.45) is 0 Å². The summed E-state index contributed by atoms with van der Waals surface area (Å²) in [5, 5.41) is 3.76. The van der Waals surface area contributed by atoms with Crippen LogP contribution in [0.15, 0.2) is 24.3 Å². The molecular weight excluding hydrogens is 317 g/mol. The first kappa shape index (κ1) is 17.1. The van der Waals surface area contributed by atoms with Crippen LogP contribution in [0.2, 0.25) is 5.02 Å². The van der Waals surface area contributed by atoms with E-state index in [1.54, 1.807) is 12.1 Å². The van der Waals surface area contributed by atoms with Crippen LogP contribution in [0.25, 0.3) is 0 Å². The maximum absolute atomic E-state index is 12.4. The zero-order valence-electron chi connectivity index (χ0n) is 12.4. The predicted octanol–water partition coefficient (Wildman–Crippen LogP) is 3.33. The van der Waals surface area contributed by atoms with Gasteiger partial charge in [-0.25, -0.2) is 0 Å². The summed E-state index contributed by atoms with van der Waals surface area (Å²) in [4.78, 5) is 12.9. The van der Waals surface area contributed by atoms with Crippen LogP contribution >= 0.6 is 11.6 Å². The first-order valence-electron chi connectivity index (χ1n) is 6.98. The number of likely N-dealkylation sites (tertiary alicyclic amines) is 1. The van der Waals surface area contributed by atoms with E-state index in [0.29, 0.717) is 11.4 Å². The molecule has 1 aromatic carbocycles. The minimum Gasteiger partial charge on any atom is -0.332 e. The summed E-state index contributed by atoms with van der Waals surface area (Å²) < 4.78 is 37.3. The first-order valence-corrected chi connectivity index (χ1v) is 7.35. The minimum atomic E-state index is -4.36. The molecule has 3 nitrogen and oxygen atoms in total. The van der Waals surface area contributed by atoms with Crippen LogP contribution in [0.5, 0.6) is 0 Å². The molecule has 0 aliphatic carbocycles. The van der Waals surface area contributed by atoms with Crippen molar-refractivity contribution in [2.45, 2.75) is 38.0 Å². The largest absolute Gasteiger partial charge is 0.406 e. The highest BCUT2D eigenvalue weighted by Gasteiger charge is 2.40. The summed E-state index contributed by atoms with van der Waals surface area (Å²) in [7, 11) is 0. The summed E-state index contributed by atoms with van der Waals surface area (Å²) in [5.41, 5.74) is 0.373. The van der Waals surface area contributed by atoms with Crippen molar-refractivity contribution >= 4 is 17.5 Å². The number of nitrogens with zero attached hydrogens (tertiary/aromatic N) is 1. The van der Waals surface area contributed by atoms with Gasteiger partial charge in [-0.2, -0.15) is 13.2 Å². The summed E-state index contributed by atoms with van der Waals surface area (Å²) in [6, 6.07) is 6.55. The molecule has 0 radical (unpaired) electrons. The van der Waals surface area contributed by atoms with Gasteiger partial charge >= 0.3 is 6.18 Å². The lowest BCUT2D eigenvalue weighted by molar-refractivity contribution is -0.158. The Hall–Kier alpha value is -1.27. The average Bonchev–Trinajstić information content (AvgIpc) is 2.70. The van der Waals surface area contributed by atoms with Gasteiger partial charge in [-0.1, -0.05) is 23.7 Å². The van der Waals surface area contributed by atoms with Crippen LogP contribution < -0.4 is 5.32 Å². The maximum atomic E-state index is 12.4. The van der Waals surface area contributed by atoms with Crippen molar-refractivity contribution in [3.8, 4) is 0 Å². The molecule has 1 heterocycles. The number of hydrogen-bond acceptors (Lipinski definition) is 2. The summed E-state index contributed by atoms with van der Waals surface area (Å²) in [6.45, 7) is 2.70. The van der Waals surface area contributed by atoms with Crippen molar-refractivity contribution in [3.05, 3.63) is 34.9 Å². The highest BCUT2D eigenvalue weighted by atomic mass is 35.5. The fraction of sp³-hybridized carbons (Fsp3) is 0.533. The zero-order chi connectivity index (χ0) is 16.5. The third-order valence-corrected chi connectivity index (χ3v) is 4.02. The Kier molecular flexibility index (Phi) is 4.73. The zero-order valence-corrected chi connectivity index (χ0v) is 13.1. The van der Waals surface area contributed by atoms with E-state index in [1.807, 2.05) is 26.0 Å². The number of hydrogen-bond donors (Lipinski definition) is 1. The second kappa shape index (κ2) is 6.08. The van der Waals surface area contributed by atoms with Crippen LogP contribution in [0.4, 0.5) is 13.2 Å². The summed E-state index contributed by atoms with van der Waals surface area (Å²) in [6.07, 6.45) is -4.00. The molecule has 0 aromatic heterocycles. The Balaban J connectivity index is 2.04. The predicted molar refractivity (Wildman–Crippen MR) is 78.7 cm³/mol. The average molecular weight is 335 g/mol. The molecule has 22 heavy (non-hydrogen) atoms. The first-order chi connectivity index (χ1) is 10.1. The van der Waals surface area contributed by atoms with Gasteiger partial charge in [0.15, 0.2) is 0 Å². The number of carbonyl (C=O) groups is 1. The van der Waals surface area contributed by atoms with Crippen LogP contribution in [0.3, 0.4) is 0 Å². The number of alkyl halides is 3. The molecule has 1 amide bonds. The Labute approximate surface area is 132 Å². The topological polar surface area (TPSA) is 32.3 Å². The molecule has 1 unspecified atom stereocenters. The SMILES string of the molecule is CC(C)(NC1CCN(CC(F)(F)F)C1=O)c1ccc(Cl)cc1. The van der Waals surface area contributed by atoms with Gasteiger partial charge in [0, 0.05) is 17.1 Å².